The van der Waals surface area contributed by atoms with Crippen molar-refractivity contribution in [3.63, 3.8) is 0 Å². The maximum Gasteiger partial charge on any atom is 0.0876 e. The minimum absolute atomic E-state index is 0.0989. The summed E-state index contributed by atoms with van der Waals surface area (Å²) in [7, 11) is 0. The topological polar surface area (TPSA) is 21.3 Å². The molecule has 0 aromatic carbocycles. The summed E-state index contributed by atoms with van der Waals surface area (Å²) in [5.74, 6) is 0. The zero-order chi connectivity index (χ0) is 9.03. The highest BCUT2D eigenvalue weighted by Gasteiger charge is 2.11. The molecule has 0 amide bonds. The fourth-order valence-electron chi connectivity index (χ4n) is 1.15. The maximum atomic E-state index is 5.45. The first kappa shape index (κ1) is 9.59. The van der Waals surface area contributed by atoms with Crippen molar-refractivity contribution in [2.75, 3.05) is 0 Å². The summed E-state index contributed by atoms with van der Waals surface area (Å²) in [4.78, 5) is 5.45. The second kappa shape index (κ2) is 3.94. The van der Waals surface area contributed by atoms with Crippen molar-refractivity contribution in [3.05, 3.63) is 11.8 Å². The summed E-state index contributed by atoms with van der Waals surface area (Å²) in [5, 5.41) is 0. The molecule has 2 nitrogen and oxygen atoms in total. The smallest absolute Gasteiger partial charge is 0.0876 e. The summed E-state index contributed by atoms with van der Waals surface area (Å²) in [6.45, 7) is 6.14. The molecular weight excluding hydrogens is 150 g/mol. The molecule has 0 radical (unpaired) electrons. The Balaban J connectivity index is 2.26. The Hall–Kier alpha value is -0.500. The fourth-order valence-corrected chi connectivity index (χ4v) is 1.15. The van der Waals surface area contributed by atoms with Gasteiger partial charge in [0.15, 0.2) is 0 Å². The van der Waals surface area contributed by atoms with Crippen molar-refractivity contribution in [3.8, 4) is 0 Å². The van der Waals surface area contributed by atoms with E-state index >= 15 is 0 Å². The predicted octanol–water partition coefficient (Wildman–Crippen LogP) is 2.76. The Morgan fingerprint density at radius 1 is 1.33 bits per heavy atom. The van der Waals surface area contributed by atoms with Gasteiger partial charge in [0, 0.05) is 5.70 Å². The van der Waals surface area contributed by atoms with E-state index in [1.54, 1.807) is 0 Å². The van der Waals surface area contributed by atoms with Crippen LogP contribution in [0.15, 0.2) is 11.8 Å². The van der Waals surface area contributed by atoms with Gasteiger partial charge in [-0.3, -0.25) is 10.3 Å². The van der Waals surface area contributed by atoms with Gasteiger partial charge in [0.1, 0.15) is 0 Å². The first-order chi connectivity index (χ1) is 5.58. The number of hydroxylamine groups is 1. The van der Waals surface area contributed by atoms with E-state index in [0.717, 1.165) is 6.42 Å². The van der Waals surface area contributed by atoms with E-state index in [9.17, 15) is 0 Å². The standard InChI is InChI=1S/C10H19NO/c1-10(2,3)12-11-9-7-5-4-6-8-9/h7,11H,4-6,8H2,1-3H3. The third kappa shape index (κ3) is 3.77. The van der Waals surface area contributed by atoms with Gasteiger partial charge in [0.25, 0.3) is 0 Å². The van der Waals surface area contributed by atoms with Crippen molar-refractivity contribution in [1.29, 1.82) is 0 Å². The summed E-state index contributed by atoms with van der Waals surface area (Å²) in [6.07, 6.45) is 7.16. The van der Waals surface area contributed by atoms with Gasteiger partial charge < -0.3 is 0 Å². The van der Waals surface area contributed by atoms with Gasteiger partial charge in [-0.15, -0.1) is 0 Å². The molecule has 70 valence electrons. The van der Waals surface area contributed by atoms with Crippen molar-refractivity contribution in [2.24, 2.45) is 0 Å². The lowest BCUT2D eigenvalue weighted by Crippen LogP contribution is -2.29. The normalized spacial score (nSPS) is 18.8. The van der Waals surface area contributed by atoms with Crippen LogP contribution in [0.25, 0.3) is 0 Å². The molecule has 0 aliphatic heterocycles. The molecule has 0 saturated heterocycles. The van der Waals surface area contributed by atoms with E-state index in [1.807, 2.05) is 20.8 Å². The lowest BCUT2D eigenvalue weighted by atomic mass is 10.1. The van der Waals surface area contributed by atoms with Gasteiger partial charge >= 0.3 is 0 Å². The van der Waals surface area contributed by atoms with Crippen molar-refractivity contribution in [2.45, 2.75) is 52.1 Å². The molecule has 1 aliphatic carbocycles. The summed E-state index contributed by atoms with van der Waals surface area (Å²) in [5.41, 5.74) is 4.17. The Labute approximate surface area is 74.9 Å². The molecule has 1 aliphatic rings. The lowest BCUT2D eigenvalue weighted by molar-refractivity contribution is -0.0596. The maximum absolute atomic E-state index is 5.45. The third-order valence-corrected chi connectivity index (χ3v) is 1.78. The van der Waals surface area contributed by atoms with E-state index in [1.165, 1.54) is 25.0 Å². The summed E-state index contributed by atoms with van der Waals surface area (Å²) in [6, 6.07) is 0. The quantitative estimate of drug-likeness (QED) is 0.642. The van der Waals surface area contributed by atoms with Crippen LogP contribution >= 0.6 is 0 Å². The second-order valence-corrected chi connectivity index (χ2v) is 4.29. The Morgan fingerprint density at radius 2 is 2.08 bits per heavy atom. The molecule has 0 spiro atoms. The van der Waals surface area contributed by atoms with Crippen LogP contribution in [0.1, 0.15) is 46.5 Å². The van der Waals surface area contributed by atoms with Crippen LogP contribution in [0.3, 0.4) is 0 Å². The average Bonchev–Trinajstić information content (AvgIpc) is 2.02. The molecule has 0 fully saturated rings. The van der Waals surface area contributed by atoms with Crippen molar-refractivity contribution in [1.82, 2.24) is 5.48 Å². The van der Waals surface area contributed by atoms with Crippen LogP contribution in [0, 0.1) is 0 Å². The number of allylic oxidation sites excluding steroid dienone is 2. The minimum Gasteiger partial charge on any atom is -0.271 e. The van der Waals surface area contributed by atoms with E-state index in [2.05, 4.69) is 11.6 Å². The Morgan fingerprint density at radius 3 is 2.58 bits per heavy atom. The zero-order valence-corrected chi connectivity index (χ0v) is 8.31. The largest absolute Gasteiger partial charge is 0.271 e. The number of nitrogens with one attached hydrogen (secondary N) is 1. The van der Waals surface area contributed by atoms with Gasteiger partial charge in [0.2, 0.25) is 0 Å². The van der Waals surface area contributed by atoms with E-state index in [-0.39, 0.29) is 5.60 Å². The summed E-state index contributed by atoms with van der Waals surface area (Å²) >= 11 is 0. The zero-order valence-electron chi connectivity index (χ0n) is 8.31. The molecule has 0 bridgehead atoms. The minimum atomic E-state index is -0.0989. The highest BCUT2D eigenvalue weighted by molar-refractivity contribution is 5.00. The van der Waals surface area contributed by atoms with Gasteiger partial charge in [0.05, 0.1) is 5.60 Å². The van der Waals surface area contributed by atoms with Gasteiger partial charge in [-0.2, -0.15) is 0 Å². The van der Waals surface area contributed by atoms with Gasteiger partial charge in [-0.25, -0.2) is 0 Å². The van der Waals surface area contributed by atoms with Crippen LogP contribution in [0.2, 0.25) is 0 Å². The van der Waals surface area contributed by atoms with Crippen LogP contribution < -0.4 is 5.48 Å². The molecule has 0 unspecified atom stereocenters. The molecular formula is C10H19NO. The van der Waals surface area contributed by atoms with Crippen molar-refractivity contribution >= 4 is 0 Å². The average molecular weight is 169 g/mol. The fraction of sp³-hybridized carbons (Fsp3) is 0.800. The highest BCUT2D eigenvalue weighted by atomic mass is 16.7. The SMILES string of the molecule is CC(C)(C)ONC1=CCCCC1. The number of hydrogen-bond acceptors (Lipinski definition) is 2. The van der Waals surface area contributed by atoms with Gasteiger partial charge in [-0.1, -0.05) is 6.08 Å². The Kier molecular flexibility index (Phi) is 3.15. The van der Waals surface area contributed by atoms with Crippen LogP contribution in [-0.4, -0.2) is 5.60 Å². The molecule has 1 N–H and O–H groups in total. The van der Waals surface area contributed by atoms with Crippen molar-refractivity contribution < 1.29 is 4.84 Å². The molecule has 12 heavy (non-hydrogen) atoms. The van der Waals surface area contributed by atoms with Gasteiger partial charge in [-0.05, 0) is 46.5 Å². The molecule has 0 heterocycles. The first-order valence-corrected chi connectivity index (χ1v) is 4.71. The van der Waals surface area contributed by atoms with Crippen LogP contribution in [0.4, 0.5) is 0 Å². The molecule has 1 rings (SSSR count). The van der Waals surface area contributed by atoms with Crippen LogP contribution in [-0.2, 0) is 4.84 Å². The number of hydrogen-bond donors (Lipinski definition) is 1. The molecule has 0 atom stereocenters. The van der Waals surface area contributed by atoms with E-state index in [4.69, 9.17) is 4.84 Å². The molecule has 2 heteroatoms. The Bertz CT molecular complexity index is 167. The number of rotatable bonds is 2. The first-order valence-electron chi connectivity index (χ1n) is 4.71. The third-order valence-electron chi connectivity index (χ3n) is 1.78. The highest BCUT2D eigenvalue weighted by Crippen LogP contribution is 2.16. The van der Waals surface area contributed by atoms with Crippen LogP contribution in [0.5, 0.6) is 0 Å². The molecule has 0 saturated carbocycles. The predicted molar refractivity (Wildman–Crippen MR) is 50.5 cm³/mol. The lowest BCUT2D eigenvalue weighted by Gasteiger charge is -2.22. The summed E-state index contributed by atoms with van der Waals surface area (Å²) < 4.78 is 0. The molecule has 0 aromatic heterocycles. The second-order valence-electron chi connectivity index (χ2n) is 4.29. The van der Waals surface area contributed by atoms with E-state index < -0.39 is 0 Å². The van der Waals surface area contributed by atoms with E-state index in [0.29, 0.717) is 0 Å². The molecule has 0 aromatic rings. The monoisotopic (exact) mass is 169 g/mol.